The van der Waals surface area contributed by atoms with Crippen LogP contribution in [0.4, 0.5) is 5.82 Å². The van der Waals surface area contributed by atoms with Crippen LogP contribution in [0.2, 0.25) is 0 Å². The zero-order chi connectivity index (χ0) is 15.6. The highest BCUT2D eigenvalue weighted by Gasteiger charge is 2.18. The number of aryl methyl sites for hydroxylation is 1. The molecular weight excluding hydrogens is 360 g/mol. The first-order chi connectivity index (χ1) is 9.79. The van der Waals surface area contributed by atoms with Gasteiger partial charge in [-0.1, -0.05) is 0 Å². The fraction of sp³-hybridized carbons (Fsp3) is 0.0769. The Hall–Kier alpha value is -1.93. The van der Waals surface area contributed by atoms with E-state index >= 15 is 0 Å². The molecule has 1 aromatic carbocycles. The van der Waals surface area contributed by atoms with Crippen LogP contribution in [0.5, 0.6) is 0 Å². The molecule has 6 nitrogen and oxygen atoms in total. The Balaban J connectivity index is 2.40. The Morgan fingerprint density at radius 2 is 2.00 bits per heavy atom. The molecule has 2 aromatic rings. The van der Waals surface area contributed by atoms with Gasteiger partial charge in [-0.25, -0.2) is 18.2 Å². The molecule has 0 aliphatic rings. The molecule has 0 saturated heterocycles. The van der Waals surface area contributed by atoms with Crippen molar-refractivity contribution in [3.63, 3.8) is 0 Å². The van der Waals surface area contributed by atoms with Crippen LogP contribution in [0.15, 0.2) is 45.9 Å². The second-order valence-corrected chi connectivity index (χ2v) is 6.81. The first-order valence-corrected chi connectivity index (χ1v) is 8.05. The molecule has 0 saturated carbocycles. The third kappa shape index (κ3) is 3.59. The largest absolute Gasteiger partial charge is 0.478 e. The lowest BCUT2D eigenvalue weighted by Gasteiger charge is -2.09. The summed E-state index contributed by atoms with van der Waals surface area (Å²) in [6, 6.07) is 7.09. The minimum atomic E-state index is -3.90. The highest BCUT2D eigenvalue weighted by Crippen LogP contribution is 2.22. The Labute approximate surface area is 130 Å². The van der Waals surface area contributed by atoms with Gasteiger partial charge in [-0.05, 0) is 58.7 Å². The van der Waals surface area contributed by atoms with E-state index in [0.717, 1.165) is 11.6 Å². The molecule has 1 aromatic heterocycles. The van der Waals surface area contributed by atoms with Crippen LogP contribution in [-0.2, 0) is 10.0 Å². The lowest BCUT2D eigenvalue weighted by atomic mass is 10.2. The maximum atomic E-state index is 12.2. The summed E-state index contributed by atoms with van der Waals surface area (Å²) >= 11 is 3.07. The van der Waals surface area contributed by atoms with Gasteiger partial charge in [-0.3, -0.25) is 4.72 Å². The van der Waals surface area contributed by atoms with Gasteiger partial charge in [0.1, 0.15) is 5.82 Å². The molecule has 0 fully saturated rings. The Bertz CT molecular complexity index is 806. The minimum Gasteiger partial charge on any atom is -0.478 e. The summed E-state index contributed by atoms with van der Waals surface area (Å²) in [5, 5.41) is 9.02. The molecule has 2 rings (SSSR count). The second kappa shape index (κ2) is 5.82. The van der Waals surface area contributed by atoms with Crippen LogP contribution in [0, 0.1) is 6.92 Å². The normalized spacial score (nSPS) is 11.1. The molecule has 0 amide bonds. The van der Waals surface area contributed by atoms with E-state index in [4.69, 9.17) is 5.11 Å². The molecule has 0 bridgehead atoms. The third-order valence-electron chi connectivity index (χ3n) is 2.63. The first-order valence-electron chi connectivity index (χ1n) is 5.78. The lowest BCUT2D eigenvalue weighted by Crippen LogP contribution is -2.15. The number of sulfonamides is 1. The number of nitrogens with zero attached hydrogens (tertiary/aromatic N) is 1. The van der Waals surface area contributed by atoms with Gasteiger partial charge in [-0.2, -0.15) is 0 Å². The summed E-state index contributed by atoms with van der Waals surface area (Å²) in [4.78, 5) is 14.8. The van der Waals surface area contributed by atoms with Crippen molar-refractivity contribution in [3.8, 4) is 0 Å². The van der Waals surface area contributed by atoms with E-state index < -0.39 is 16.0 Å². The van der Waals surface area contributed by atoms with E-state index in [0.29, 0.717) is 4.47 Å². The van der Waals surface area contributed by atoms with Gasteiger partial charge >= 0.3 is 5.97 Å². The molecule has 110 valence electrons. The molecule has 0 spiro atoms. The number of benzene rings is 1. The van der Waals surface area contributed by atoms with Gasteiger partial charge in [0.2, 0.25) is 0 Å². The number of hydrogen-bond acceptors (Lipinski definition) is 4. The van der Waals surface area contributed by atoms with Crippen molar-refractivity contribution in [1.29, 1.82) is 0 Å². The van der Waals surface area contributed by atoms with Gasteiger partial charge in [0.05, 0.1) is 10.5 Å². The lowest BCUT2D eigenvalue weighted by molar-refractivity contribution is 0.0695. The van der Waals surface area contributed by atoms with Gasteiger partial charge in [-0.15, -0.1) is 0 Å². The number of anilines is 1. The molecule has 0 atom stereocenters. The number of pyridine rings is 1. The molecule has 0 radical (unpaired) electrons. The third-order valence-corrected chi connectivity index (χ3v) is 4.68. The molecule has 8 heteroatoms. The van der Waals surface area contributed by atoms with Gasteiger partial charge in [0, 0.05) is 10.7 Å². The maximum Gasteiger partial charge on any atom is 0.336 e. The number of aromatic carboxylic acids is 1. The smallest absolute Gasteiger partial charge is 0.336 e. The summed E-state index contributed by atoms with van der Waals surface area (Å²) in [6.07, 6.45) is 1.48. The molecule has 0 aliphatic heterocycles. The second-order valence-electron chi connectivity index (χ2n) is 4.27. The Morgan fingerprint density at radius 3 is 2.62 bits per heavy atom. The topological polar surface area (TPSA) is 96.4 Å². The zero-order valence-corrected chi connectivity index (χ0v) is 13.3. The predicted molar refractivity (Wildman–Crippen MR) is 80.9 cm³/mol. The summed E-state index contributed by atoms with van der Waals surface area (Å²) in [7, 11) is -3.90. The van der Waals surface area contributed by atoms with Crippen molar-refractivity contribution in [1.82, 2.24) is 4.98 Å². The molecule has 21 heavy (non-hydrogen) atoms. The van der Waals surface area contributed by atoms with Crippen LogP contribution < -0.4 is 4.72 Å². The fourth-order valence-corrected chi connectivity index (χ4v) is 3.07. The number of hydrogen-bond donors (Lipinski definition) is 2. The van der Waals surface area contributed by atoms with Gasteiger partial charge in [0.25, 0.3) is 10.0 Å². The van der Waals surface area contributed by atoms with E-state index in [2.05, 4.69) is 25.6 Å². The van der Waals surface area contributed by atoms with E-state index in [1.165, 1.54) is 18.3 Å². The van der Waals surface area contributed by atoms with Crippen molar-refractivity contribution >= 4 is 37.7 Å². The maximum absolute atomic E-state index is 12.2. The zero-order valence-electron chi connectivity index (χ0n) is 10.9. The number of carboxylic acid groups (broad SMARTS) is 1. The highest BCUT2D eigenvalue weighted by molar-refractivity contribution is 9.10. The van der Waals surface area contributed by atoms with Crippen LogP contribution in [0.3, 0.4) is 0 Å². The first kappa shape index (κ1) is 15.5. The van der Waals surface area contributed by atoms with Crippen LogP contribution in [0.1, 0.15) is 15.9 Å². The fourth-order valence-electron chi connectivity index (χ4n) is 1.62. The van der Waals surface area contributed by atoms with E-state index in [1.807, 2.05) is 6.92 Å². The van der Waals surface area contributed by atoms with Crippen LogP contribution in [0.25, 0.3) is 0 Å². The number of nitrogens with one attached hydrogen (secondary N) is 1. The number of halogens is 1. The van der Waals surface area contributed by atoms with E-state index in [-0.39, 0.29) is 16.3 Å². The standard InChI is InChI=1S/C13H11BrN2O4S/c1-8-4-5-15-12(6-8)16-21(19,20)9-2-3-11(14)10(7-9)13(17)18/h2-7H,1H3,(H,15,16)(H,17,18). The Morgan fingerprint density at radius 1 is 1.29 bits per heavy atom. The van der Waals surface area contributed by atoms with Crippen molar-refractivity contribution in [2.75, 3.05) is 4.72 Å². The minimum absolute atomic E-state index is 0.130. The number of rotatable bonds is 4. The van der Waals surface area contributed by atoms with Gasteiger partial charge in [0.15, 0.2) is 0 Å². The van der Waals surface area contributed by atoms with Crippen LogP contribution in [-0.4, -0.2) is 24.5 Å². The van der Waals surface area contributed by atoms with Gasteiger partial charge < -0.3 is 5.11 Å². The van der Waals surface area contributed by atoms with Crippen molar-refractivity contribution in [2.45, 2.75) is 11.8 Å². The SMILES string of the molecule is Cc1ccnc(NS(=O)(=O)c2ccc(Br)c(C(=O)O)c2)c1. The average Bonchev–Trinajstić information content (AvgIpc) is 2.38. The number of carbonyl (C=O) groups is 1. The summed E-state index contributed by atoms with van der Waals surface area (Å²) < 4.78 is 27.1. The molecule has 0 unspecified atom stereocenters. The molecule has 2 N–H and O–H groups in total. The summed E-state index contributed by atoms with van der Waals surface area (Å²) in [5.41, 5.74) is 0.722. The summed E-state index contributed by atoms with van der Waals surface area (Å²) in [5.74, 6) is -1.04. The molecular formula is C13H11BrN2O4S. The monoisotopic (exact) mass is 370 g/mol. The van der Waals surface area contributed by atoms with E-state index in [9.17, 15) is 13.2 Å². The average molecular weight is 371 g/mol. The predicted octanol–water partition coefficient (Wildman–Crippen LogP) is 2.65. The van der Waals surface area contributed by atoms with Crippen molar-refractivity contribution < 1.29 is 18.3 Å². The number of aromatic nitrogens is 1. The molecule has 1 heterocycles. The van der Waals surface area contributed by atoms with Crippen molar-refractivity contribution in [2.24, 2.45) is 0 Å². The van der Waals surface area contributed by atoms with Crippen molar-refractivity contribution in [3.05, 3.63) is 52.1 Å². The summed E-state index contributed by atoms with van der Waals surface area (Å²) in [6.45, 7) is 1.81. The number of carboxylic acids is 1. The van der Waals surface area contributed by atoms with Crippen LogP contribution >= 0.6 is 15.9 Å². The molecule has 0 aliphatic carbocycles. The van der Waals surface area contributed by atoms with E-state index in [1.54, 1.807) is 12.1 Å². The quantitative estimate of drug-likeness (QED) is 0.862. The Kier molecular flexibility index (Phi) is 4.29. The highest BCUT2D eigenvalue weighted by atomic mass is 79.9.